The minimum atomic E-state index is -1.17. The molecule has 0 aliphatic carbocycles. The summed E-state index contributed by atoms with van der Waals surface area (Å²) < 4.78 is 49.9. The average Bonchev–Trinajstić information content (AvgIpc) is 3.08. The minimum absolute atomic E-state index is 0.105. The van der Waals surface area contributed by atoms with Crippen molar-refractivity contribution in [2.75, 3.05) is 59.5 Å². The number of rotatable bonds is 27. The largest absolute Gasteiger partial charge is 0.463 e. The van der Waals surface area contributed by atoms with Crippen LogP contribution in [0.3, 0.4) is 0 Å². The highest BCUT2D eigenvalue weighted by Crippen LogP contribution is 2.27. The minimum Gasteiger partial charge on any atom is -0.463 e. The number of esters is 1. The van der Waals surface area contributed by atoms with Crippen molar-refractivity contribution in [3.8, 4) is 11.5 Å². The molecule has 0 spiro atoms. The maximum Gasteiger partial charge on any atom is 0.302 e. The van der Waals surface area contributed by atoms with Gasteiger partial charge >= 0.3 is 5.97 Å². The zero-order valence-corrected chi connectivity index (χ0v) is 31.7. The molecule has 2 atom stereocenters. The summed E-state index contributed by atoms with van der Waals surface area (Å²) in [6.45, 7) is 18.9. The van der Waals surface area contributed by atoms with Gasteiger partial charge in [-0.3, -0.25) is 19.2 Å². The van der Waals surface area contributed by atoms with Crippen LogP contribution in [0.1, 0.15) is 76.1 Å². The second-order valence-electron chi connectivity index (χ2n) is 12.7. The van der Waals surface area contributed by atoms with Gasteiger partial charge in [0.2, 0.25) is 0 Å². The molecule has 0 amide bonds. The van der Waals surface area contributed by atoms with Crippen LogP contribution in [0, 0.1) is 0 Å². The molecule has 0 fully saturated rings. The van der Waals surface area contributed by atoms with Crippen molar-refractivity contribution in [3.63, 3.8) is 0 Å². The van der Waals surface area contributed by atoms with Crippen molar-refractivity contribution in [1.29, 1.82) is 0 Å². The fourth-order valence-corrected chi connectivity index (χ4v) is 4.59. The summed E-state index contributed by atoms with van der Waals surface area (Å²) in [7, 11) is 0. The molecule has 0 saturated carbocycles. The first-order valence-corrected chi connectivity index (χ1v) is 17.1. The first kappa shape index (κ1) is 44.3. The summed E-state index contributed by atoms with van der Waals surface area (Å²) in [5, 5.41) is 0. The number of ether oxygens (including phenoxy) is 9. The van der Waals surface area contributed by atoms with Crippen LogP contribution in [0.25, 0.3) is 0 Å². The molecule has 0 aliphatic heterocycles. The van der Waals surface area contributed by atoms with E-state index in [4.69, 9.17) is 42.6 Å². The third-order valence-electron chi connectivity index (χ3n) is 7.32. The van der Waals surface area contributed by atoms with Crippen LogP contribution < -0.4 is 4.74 Å². The predicted octanol–water partition coefficient (Wildman–Crippen LogP) is 5.92. The zero-order valence-electron chi connectivity index (χ0n) is 31.7. The lowest BCUT2D eigenvalue weighted by Gasteiger charge is -2.28. The van der Waals surface area contributed by atoms with Crippen molar-refractivity contribution >= 4 is 23.3 Å². The second-order valence-corrected chi connectivity index (χ2v) is 12.7. The molecule has 288 valence electrons. The molecule has 2 aromatic carbocycles. The number of benzene rings is 2. The van der Waals surface area contributed by atoms with E-state index in [-0.39, 0.29) is 63.0 Å². The molecule has 2 aromatic rings. The zero-order chi connectivity index (χ0) is 38.7. The fourth-order valence-electron chi connectivity index (χ4n) is 4.59. The quantitative estimate of drug-likeness (QED) is 0.0352. The lowest BCUT2D eigenvalue weighted by Crippen LogP contribution is -2.39. The highest BCUT2D eigenvalue weighted by atomic mass is 16.7. The van der Waals surface area contributed by atoms with Crippen LogP contribution in [0.2, 0.25) is 0 Å². The van der Waals surface area contributed by atoms with E-state index in [9.17, 15) is 19.2 Å². The number of ketones is 3. The van der Waals surface area contributed by atoms with E-state index in [1.807, 2.05) is 0 Å². The molecule has 0 aromatic heterocycles. The number of hydrogen-bond acceptors (Lipinski definition) is 13. The Hall–Kier alpha value is -3.82. The first-order chi connectivity index (χ1) is 24.5. The molecule has 13 heteroatoms. The van der Waals surface area contributed by atoms with E-state index in [0.29, 0.717) is 48.0 Å². The van der Waals surface area contributed by atoms with E-state index in [1.165, 1.54) is 13.8 Å². The third-order valence-corrected chi connectivity index (χ3v) is 7.32. The van der Waals surface area contributed by atoms with Crippen molar-refractivity contribution in [1.82, 2.24) is 0 Å². The Morgan fingerprint density at radius 1 is 0.596 bits per heavy atom. The Bertz CT molecular complexity index is 1430. The van der Waals surface area contributed by atoms with Gasteiger partial charge in [0.15, 0.2) is 29.9 Å². The Morgan fingerprint density at radius 3 is 1.38 bits per heavy atom. The summed E-state index contributed by atoms with van der Waals surface area (Å²) in [4.78, 5) is 48.4. The maximum absolute atomic E-state index is 13.2. The van der Waals surface area contributed by atoms with E-state index >= 15 is 0 Å². The SMILES string of the molecule is C=C(COCCOCCOC(C)OC(C)(C)C(=O)c1ccc(Oc2ccc(C(=O)C(C)(C)OC(C)OCCOCCOC(C)=O)cc2)cc1)C(C)=O. The highest BCUT2D eigenvalue weighted by molar-refractivity contribution is 6.02. The highest BCUT2D eigenvalue weighted by Gasteiger charge is 2.33. The van der Waals surface area contributed by atoms with Crippen LogP contribution in [0.5, 0.6) is 11.5 Å². The molecule has 0 radical (unpaired) electrons. The smallest absolute Gasteiger partial charge is 0.302 e. The van der Waals surface area contributed by atoms with Gasteiger partial charge in [-0.1, -0.05) is 6.58 Å². The van der Waals surface area contributed by atoms with E-state index < -0.39 is 23.8 Å². The summed E-state index contributed by atoms with van der Waals surface area (Å²) in [6.07, 6.45) is -1.33. The Labute approximate surface area is 306 Å². The lowest BCUT2D eigenvalue weighted by atomic mass is 9.96. The first-order valence-electron chi connectivity index (χ1n) is 17.1. The number of hydrogen-bond donors (Lipinski definition) is 0. The molecular formula is C39H54O13. The molecule has 0 bridgehead atoms. The van der Waals surface area contributed by atoms with Gasteiger partial charge in [0, 0.05) is 23.6 Å². The van der Waals surface area contributed by atoms with Crippen LogP contribution in [0.15, 0.2) is 60.7 Å². The van der Waals surface area contributed by atoms with Gasteiger partial charge < -0.3 is 42.6 Å². The second kappa shape index (κ2) is 22.3. The molecule has 0 saturated heterocycles. The van der Waals surface area contributed by atoms with Crippen molar-refractivity contribution in [2.24, 2.45) is 0 Å². The Morgan fingerprint density at radius 2 is 0.981 bits per heavy atom. The topological polar surface area (TPSA) is 151 Å². The number of carbonyl (C=O) groups excluding carboxylic acids is 4. The maximum atomic E-state index is 13.2. The number of Topliss-reactive ketones (excluding diaryl/α,β-unsaturated/α-hetero) is 3. The summed E-state index contributed by atoms with van der Waals surface area (Å²) >= 11 is 0. The Balaban J connectivity index is 1.77. The fraction of sp³-hybridized carbons (Fsp3) is 0.538. The summed E-state index contributed by atoms with van der Waals surface area (Å²) in [5.74, 6) is 0.0776. The van der Waals surface area contributed by atoms with Crippen LogP contribution in [-0.4, -0.2) is 107 Å². The van der Waals surface area contributed by atoms with Crippen LogP contribution in [0.4, 0.5) is 0 Å². The van der Waals surface area contributed by atoms with Crippen molar-refractivity contribution in [3.05, 3.63) is 71.8 Å². The van der Waals surface area contributed by atoms with E-state index in [1.54, 1.807) is 90.1 Å². The molecule has 2 rings (SSSR count). The predicted molar refractivity (Wildman–Crippen MR) is 192 cm³/mol. The van der Waals surface area contributed by atoms with Gasteiger partial charge in [0.1, 0.15) is 29.3 Å². The summed E-state index contributed by atoms with van der Waals surface area (Å²) in [6, 6.07) is 13.4. The van der Waals surface area contributed by atoms with E-state index in [2.05, 4.69) is 6.58 Å². The molecule has 13 nitrogen and oxygen atoms in total. The standard InChI is InChI=1S/C39H54O13/c1-27(28(2)40)26-46-19-18-44-21-24-48-30(4)51-38(6,7)36(42)32-10-14-34(15-11-32)50-35-16-12-33(13-17-35)37(43)39(8,9)52-31(5)49-25-22-45-20-23-47-29(3)41/h10-17,30-31H,1,18-26H2,2-9H3. The molecule has 0 heterocycles. The number of carbonyl (C=O) groups is 4. The molecule has 2 unspecified atom stereocenters. The lowest BCUT2D eigenvalue weighted by molar-refractivity contribution is -0.181. The van der Waals surface area contributed by atoms with Crippen LogP contribution in [-0.2, 0) is 47.5 Å². The monoisotopic (exact) mass is 730 g/mol. The average molecular weight is 731 g/mol. The van der Waals surface area contributed by atoms with Gasteiger partial charge in [0.05, 0.1) is 52.9 Å². The van der Waals surface area contributed by atoms with Gasteiger partial charge in [0.25, 0.3) is 0 Å². The molecule has 52 heavy (non-hydrogen) atoms. The molecule has 0 aliphatic rings. The summed E-state index contributed by atoms with van der Waals surface area (Å²) in [5.41, 5.74) is -1.04. The molecule has 0 N–H and O–H groups in total. The van der Waals surface area contributed by atoms with Crippen molar-refractivity contribution < 1.29 is 61.8 Å². The van der Waals surface area contributed by atoms with Gasteiger partial charge in [-0.2, -0.15) is 0 Å². The Kier molecular flexibility index (Phi) is 19.0. The van der Waals surface area contributed by atoms with Crippen molar-refractivity contribution in [2.45, 2.75) is 79.2 Å². The van der Waals surface area contributed by atoms with E-state index in [0.717, 1.165) is 0 Å². The molecular weight excluding hydrogens is 676 g/mol. The van der Waals surface area contributed by atoms with Gasteiger partial charge in [-0.25, -0.2) is 0 Å². The van der Waals surface area contributed by atoms with Gasteiger partial charge in [-0.15, -0.1) is 0 Å². The van der Waals surface area contributed by atoms with Gasteiger partial charge in [-0.05, 0) is 97.0 Å². The third kappa shape index (κ3) is 16.7. The normalized spacial score (nSPS) is 12.9. The van der Waals surface area contributed by atoms with Crippen LogP contribution >= 0.6 is 0 Å².